The van der Waals surface area contributed by atoms with Gasteiger partial charge in [-0.3, -0.25) is 4.98 Å². The van der Waals surface area contributed by atoms with Crippen LogP contribution in [0.1, 0.15) is 28.5 Å². The van der Waals surface area contributed by atoms with E-state index in [1.165, 1.54) is 13.3 Å². The van der Waals surface area contributed by atoms with Crippen molar-refractivity contribution in [3.05, 3.63) is 59.4 Å². The average Bonchev–Trinajstić information content (AvgIpc) is 2.60. The lowest BCUT2D eigenvalue weighted by atomic mass is 10.1. The van der Waals surface area contributed by atoms with E-state index in [1.807, 2.05) is 30.3 Å². The number of carbonyl (C=O) groups is 1. The molecule has 1 heterocycles. The van der Waals surface area contributed by atoms with Crippen molar-refractivity contribution in [2.75, 3.05) is 7.11 Å². The molecular weight excluding hydrogens is 296 g/mol. The summed E-state index contributed by atoms with van der Waals surface area (Å²) >= 11 is 0. The number of methoxy groups -OCH3 is 1. The van der Waals surface area contributed by atoms with Crippen molar-refractivity contribution in [2.45, 2.75) is 20.0 Å². The molecule has 1 N–H and O–H groups in total. The Bertz CT molecular complexity index is 699. The normalized spacial score (nSPS) is 11.1. The largest absolute Gasteiger partial charge is 0.487 e. The second-order valence-corrected chi connectivity index (χ2v) is 4.95. The second-order valence-electron chi connectivity index (χ2n) is 4.95. The zero-order valence-electron chi connectivity index (χ0n) is 13.0. The molecule has 2 rings (SSSR count). The Morgan fingerprint density at radius 1 is 1.30 bits per heavy atom. The molecule has 6 nitrogen and oxygen atoms in total. The summed E-state index contributed by atoms with van der Waals surface area (Å²) in [4.78, 5) is 15.9. The smallest absolute Gasteiger partial charge is 0.339 e. The lowest BCUT2D eigenvalue weighted by Crippen LogP contribution is -2.08. The van der Waals surface area contributed by atoms with E-state index in [2.05, 4.69) is 10.1 Å². The zero-order valence-corrected chi connectivity index (χ0v) is 13.0. The van der Waals surface area contributed by atoms with Crippen molar-refractivity contribution >= 4 is 11.7 Å². The topological polar surface area (TPSA) is 81.0 Å². The first-order valence-electron chi connectivity index (χ1n) is 7.05. The molecule has 0 saturated carbocycles. The van der Waals surface area contributed by atoms with E-state index in [4.69, 9.17) is 14.7 Å². The molecule has 23 heavy (non-hydrogen) atoms. The maximum atomic E-state index is 11.6. The lowest BCUT2D eigenvalue weighted by molar-refractivity contribution is 0.0599. The first kappa shape index (κ1) is 16.5. The maximum absolute atomic E-state index is 11.6. The average molecular weight is 314 g/mol. The maximum Gasteiger partial charge on any atom is 0.339 e. The van der Waals surface area contributed by atoms with Crippen LogP contribution in [0.3, 0.4) is 0 Å². The molecule has 0 atom stereocenters. The van der Waals surface area contributed by atoms with Gasteiger partial charge in [-0.05, 0) is 18.6 Å². The van der Waals surface area contributed by atoms with E-state index in [1.54, 1.807) is 13.0 Å². The minimum atomic E-state index is -0.485. The molecule has 0 fully saturated rings. The van der Waals surface area contributed by atoms with Crippen LogP contribution in [0.15, 0.2) is 47.8 Å². The van der Waals surface area contributed by atoms with Gasteiger partial charge in [-0.25, -0.2) is 4.79 Å². The van der Waals surface area contributed by atoms with Crippen LogP contribution < -0.4 is 4.74 Å². The number of benzene rings is 1. The Kier molecular flexibility index (Phi) is 5.68. The van der Waals surface area contributed by atoms with Crippen LogP contribution in [0, 0.1) is 0 Å². The number of ether oxygens (including phenoxy) is 2. The number of carbonyl (C=O) groups excluding carboxylic acids is 1. The summed E-state index contributed by atoms with van der Waals surface area (Å²) in [6.45, 7) is 2.02. The Morgan fingerprint density at radius 3 is 2.70 bits per heavy atom. The van der Waals surface area contributed by atoms with Gasteiger partial charge in [-0.15, -0.1) is 0 Å². The molecule has 0 aliphatic heterocycles. The van der Waals surface area contributed by atoms with E-state index in [9.17, 15) is 4.79 Å². The number of pyridine rings is 1. The van der Waals surface area contributed by atoms with Crippen LogP contribution in [0.5, 0.6) is 5.75 Å². The fourth-order valence-corrected chi connectivity index (χ4v) is 1.97. The van der Waals surface area contributed by atoms with Gasteiger partial charge in [0.15, 0.2) is 0 Å². The number of hydrogen-bond acceptors (Lipinski definition) is 6. The zero-order chi connectivity index (χ0) is 16.7. The Balaban J connectivity index is 2.26. The van der Waals surface area contributed by atoms with Crippen LogP contribution in [0.2, 0.25) is 0 Å². The number of aromatic nitrogens is 1. The molecule has 0 spiro atoms. The number of oxime groups is 1. The van der Waals surface area contributed by atoms with Gasteiger partial charge in [-0.2, -0.15) is 0 Å². The quantitative estimate of drug-likeness (QED) is 0.384. The Hall–Kier alpha value is -2.89. The summed E-state index contributed by atoms with van der Waals surface area (Å²) in [5.74, 6) is -0.0269. The van der Waals surface area contributed by atoms with Crippen LogP contribution >= 0.6 is 0 Å². The summed E-state index contributed by atoms with van der Waals surface area (Å²) in [5, 5.41) is 12.0. The number of hydrogen-bond donors (Lipinski definition) is 1. The first-order valence-corrected chi connectivity index (χ1v) is 7.05. The fraction of sp³-hybridized carbons (Fsp3) is 0.235. The fourth-order valence-electron chi connectivity index (χ4n) is 1.97. The van der Waals surface area contributed by atoms with Crippen molar-refractivity contribution in [3.63, 3.8) is 0 Å². The molecule has 0 unspecified atom stereocenters. The van der Waals surface area contributed by atoms with E-state index in [0.717, 1.165) is 5.56 Å². The number of rotatable bonds is 6. The summed E-state index contributed by atoms with van der Waals surface area (Å²) in [6.07, 6.45) is 1.74. The van der Waals surface area contributed by atoms with Gasteiger partial charge in [0.05, 0.1) is 24.1 Å². The summed E-state index contributed by atoms with van der Waals surface area (Å²) < 4.78 is 10.5. The molecule has 2 aromatic rings. The van der Waals surface area contributed by atoms with Gasteiger partial charge in [0.2, 0.25) is 0 Å². The third kappa shape index (κ3) is 4.54. The molecule has 0 amide bonds. The molecule has 120 valence electrons. The molecule has 0 saturated heterocycles. The van der Waals surface area contributed by atoms with Gasteiger partial charge in [-0.1, -0.05) is 35.5 Å². The van der Waals surface area contributed by atoms with E-state index >= 15 is 0 Å². The monoisotopic (exact) mass is 314 g/mol. The number of nitrogens with zero attached hydrogens (tertiary/aromatic N) is 2. The van der Waals surface area contributed by atoms with Crippen LogP contribution in [-0.4, -0.2) is 29.0 Å². The summed E-state index contributed by atoms with van der Waals surface area (Å²) in [6, 6.07) is 11.2. The predicted molar refractivity (Wildman–Crippen MR) is 85.0 cm³/mol. The van der Waals surface area contributed by atoms with Crippen molar-refractivity contribution < 1.29 is 19.5 Å². The van der Waals surface area contributed by atoms with E-state index in [0.29, 0.717) is 35.7 Å². The predicted octanol–water partition coefficient (Wildman–Crippen LogP) is 2.84. The summed E-state index contributed by atoms with van der Waals surface area (Å²) in [7, 11) is 1.31. The molecule has 1 aromatic heterocycles. The van der Waals surface area contributed by atoms with Gasteiger partial charge in [0.1, 0.15) is 12.4 Å². The van der Waals surface area contributed by atoms with Crippen molar-refractivity contribution in [1.82, 2.24) is 4.98 Å². The van der Waals surface area contributed by atoms with Crippen LogP contribution in [0.4, 0.5) is 0 Å². The highest BCUT2D eigenvalue weighted by Crippen LogP contribution is 2.21. The minimum Gasteiger partial charge on any atom is -0.487 e. The van der Waals surface area contributed by atoms with Crippen LogP contribution in [-0.2, 0) is 17.8 Å². The highest BCUT2D eigenvalue weighted by Gasteiger charge is 2.13. The third-order valence-corrected chi connectivity index (χ3v) is 3.18. The molecular formula is C17H18N2O4. The first-order chi connectivity index (χ1) is 11.1. The minimum absolute atomic E-state index is 0.304. The molecule has 1 aromatic carbocycles. The number of esters is 1. The highest BCUT2D eigenvalue weighted by molar-refractivity contribution is 5.90. The molecule has 0 aliphatic carbocycles. The Labute approximate surface area is 134 Å². The lowest BCUT2D eigenvalue weighted by Gasteiger charge is -2.12. The second kappa shape index (κ2) is 7.93. The van der Waals surface area contributed by atoms with Crippen LogP contribution in [0.25, 0.3) is 0 Å². The van der Waals surface area contributed by atoms with E-state index < -0.39 is 5.97 Å². The van der Waals surface area contributed by atoms with Crippen molar-refractivity contribution in [3.8, 4) is 5.75 Å². The van der Waals surface area contributed by atoms with Crippen molar-refractivity contribution in [2.24, 2.45) is 5.16 Å². The molecule has 0 aliphatic rings. The van der Waals surface area contributed by atoms with Gasteiger partial charge < -0.3 is 14.7 Å². The Morgan fingerprint density at radius 2 is 2.04 bits per heavy atom. The van der Waals surface area contributed by atoms with E-state index in [-0.39, 0.29) is 0 Å². The third-order valence-electron chi connectivity index (χ3n) is 3.18. The van der Waals surface area contributed by atoms with Gasteiger partial charge in [0.25, 0.3) is 0 Å². The highest BCUT2D eigenvalue weighted by atomic mass is 16.5. The molecule has 6 heteroatoms. The molecule has 0 bridgehead atoms. The van der Waals surface area contributed by atoms with Gasteiger partial charge in [0, 0.05) is 12.6 Å². The molecule has 0 radical (unpaired) electrons. The van der Waals surface area contributed by atoms with Gasteiger partial charge >= 0.3 is 5.97 Å². The SMILES string of the molecule is COC(=O)c1cnc(C/C(C)=N/O)c(OCc2ccccc2)c1. The summed E-state index contributed by atoms with van der Waals surface area (Å²) in [5.41, 5.74) is 2.38. The standard InChI is InChI=1S/C17H18N2O4/c1-12(19-21)8-15-16(9-14(10-18-15)17(20)22-2)23-11-13-6-4-3-5-7-13/h3-7,9-10,21H,8,11H2,1-2H3/b19-12+. The van der Waals surface area contributed by atoms with Crippen molar-refractivity contribution in [1.29, 1.82) is 0 Å².